The molecule has 4 nitrogen and oxygen atoms in total. The topological polar surface area (TPSA) is 43.6 Å². The quantitative estimate of drug-likeness (QED) is 0.638. The van der Waals surface area contributed by atoms with E-state index in [0.717, 1.165) is 15.5 Å². The molecule has 0 radical (unpaired) electrons. The number of carbonyl (C=O) groups is 1. The summed E-state index contributed by atoms with van der Waals surface area (Å²) in [6.07, 6.45) is 1.28. The smallest absolute Gasteiger partial charge is 0.341 e. The summed E-state index contributed by atoms with van der Waals surface area (Å²) >= 11 is 0. The van der Waals surface area contributed by atoms with Gasteiger partial charge in [0.05, 0.1) is 18.3 Å². The van der Waals surface area contributed by atoms with E-state index in [1.54, 1.807) is 13.0 Å². The maximum Gasteiger partial charge on any atom is 0.341 e. The lowest BCUT2D eigenvalue weighted by Gasteiger charge is -2.02. The maximum atomic E-state index is 13.6. The maximum absolute atomic E-state index is 13.6. The van der Waals surface area contributed by atoms with Crippen molar-refractivity contribution >= 4 is 33.1 Å². The molecule has 2 aromatic rings. The zero-order valence-electron chi connectivity index (χ0n) is 8.81. The molecule has 0 N–H and O–H groups in total. The predicted molar refractivity (Wildman–Crippen MR) is 62.8 cm³/mol. The largest absolute Gasteiger partial charge is 0.462 e. The van der Waals surface area contributed by atoms with Crippen LogP contribution in [0.2, 0.25) is 0 Å². The van der Waals surface area contributed by atoms with Crippen molar-refractivity contribution < 1.29 is 13.9 Å². The molecule has 0 aliphatic carbocycles. The third kappa shape index (κ3) is 2.23. The van der Waals surface area contributed by atoms with E-state index in [9.17, 15) is 9.18 Å². The van der Waals surface area contributed by atoms with E-state index in [0.29, 0.717) is 10.4 Å². The Labute approximate surface area is 105 Å². The summed E-state index contributed by atoms with van der Waals surface area (Å²) in [4.78, 5) is 12.1. The highest BCUT2D eigenvalue weighted by Crippen LogP contribution is 2.26. The van der Waals surface area contributed by atoms with Gasteiger partial charge in [-0.05, 0) is 34.6 Å². The van der Waals surface area contributed by atoms with E-state index in [1.807, 2.05) is 0 Å². The molecule has 2 aromatic heterocycles. The highest BCUT2D eigenvalue weighted by molar-refractivity contribution is 8.21. The first-order valence-electron chi connectivity index (χ1n) is 4.80. The molecule has 0 amide bonds. The first-order chi connectivity index (χ1) is 8.17. The second-order valence-corrected chi connectivity index (χ2v) is 4.26. The van der Waals surface area contributed by atoms with Crippen LogP contribution in [0.1, 0.15) is 17.3 Å². The van der Waals surface area contributed by atoms with Gasteiger partial charge in [0.25, 0.3) is 0 Å². The minimum atomic E-state index is -0.582. The molecule has 0 aliphatic heterocycles. The van der Waals surface area contributed by atoms with E-state index in [4.69, 9.17) is 15.4 Å². The number of nitrogens with zero attached hydrogens (tertiary/aromatic N) is 2. The van der Waals surface area contributed by atoms with E-state index in [2.05, 4.69) is 5.10 Å². The lowest BCUT2D eigenvalue weighted by Crippen LogP contribution is -2.04. The van der Waals surface area contributed by atoms with Crippen molar-refractivity contribution in [1.82, 2.24) is 9.61 Å². The number of rotatable bonds is 3. The van der Waals surface area contributed by atoms with Crippen LogP contribution in [0, 0.1) is 5.95 Å². The van der Waals surface area contributed by atoms with Crippen LogP contribution in [0.15, 0.2) is 23.2 Å². The lowest BCUT2D eigenvalue weighted by molar-refractivity contribution is 0.0528. The fraction of sp³-hybridized carbons (Fsp3) is 0.200. The molecule has 0 bridgehead atoms. The van der Waals surface area contributed by atoms with Gasteiger partial charge in [0.1, 0.15) is 5.56 Å². The molecular weight excluding hydrogens is 267 g/mol. The van der Waals surface area contributed by atoms with Crippen LogP contribution in [-0.2, 0) is 4.74 Å². The van der Waals surface area contributed by atoms with Gasteiger partial charge in [-0.3, -0.25) is 0 Å². The Kier molecular flexibility index (Phi) is 3.54. The number of halogens is 2. The molecule has 0 saturated carbocycles. The Bertz CT molecular complexity index is 573. The Morgan fingerprint density at radius 3 is 3.06 bits per heavy atom. The molecule has 90 valence electrons. The van der Waals surface area contributed by atoms with Crippen molar-refractivity contribution in [3.05, 3.63) is 29.8 Å². The summed E-state index contributed by atoms with van der Waals surface area (Å²) in [5.41, 5.74) is 0.560. The van der Waals surface area contributed by atoms with Crippen molar-refractivity contribution in [2.45, 2.75) is 11.8 Å². The Morgan fingerprint density at radius 2 is 2.41 bits per heavy atom. The fourth-order valence-corrected chi connectivity index (χ4v) is 2.00. The minimum Gasteiger partial charge on any atom is -0.462 e. The van der Waals surface area contributed by atoms with Gasteiger partial charge in [-0.2, -0.15) is 9.49 Å². The third-order valence-electron chi connectivity index (χ3n) is 2.13. The normalized spacial score (nSPS) is 10.8. The van der Waals surface area contributed by atoms with E-state index >= 15 is 0 Å². The number of fused-ring (bicyclic) bond motifs is 1. The Morgan fingerprint density at radius 1 is 1.65 bits per heavy atom. The van der Waals surface area contributed by atoms with Crippen LogP contribution in [0.5, 0.6) is 0 Å². The van der Waals surface area contributed by atoms with Gasteiger partial charge in [0, 0.05) is 11.0 Å². The molecule has 0 atom stereocenters. The van der Waals surface area contributed by atoms with Crippen molar-refractivity contribution in [3.8, 4) is 0 Å². The van der Waals surface area contributed by atoms with Crippen LogP contribution in [-0.4, -0.2) is 22.2 Å². The Balaban J connectivity index is 2.58. The molecule has 7 heteroatoms. The van der Waals surface area contributed by atoms with E-state index in [1.165, 1.54) is 12.3 Å². The second kappa shape index (κ2) is 4.93. The zero-order valence-corrected chi connectivity index (χ0v) is 10.4. The van der Waals surface area contributed by atoms with Crippen molar-refractivity contribution in [2.75, 3.05) is 6.61 Å². The van der Waals surface area contributed by atoms with Gasteiger partial charge in [-0.15, -0.1) is 0 Å². The average Bonchev–Trinajstić information content (AvgIpc) is 2.73. The summed E-state index contributed by atoms with van der Waals surface area (Å²) in [5.74, 6) is -1.11. The monoisotopic (exact) mass is 274 g/mol. The SMILES string of the molecule is CCOC(=O)c1cnn2c(F)cc(SCl)cc12. The molecule has 0 unspecified atom stereocenters. The van der Waals surface area contributed by atoms with Crippen molar-refractivity contribution in [3.63, 3.8) is 0 Å². The zero-order chi connectivity index (χ0) is 12.4. The first kappa shape index (κ1) is 12.2. The molecule has 17 heavy (non-hydrogen) atoms. The third-order valence-corrected chi connectivity index (χ3v) is 3.08. The van der Waals surface area contributed by atoms with Crippen molar-refractivity contribution in [2.24, 2.45) is 0 Å². The molecule has 0 fully saturated rings. The average molecular weight is 275 g/mol. The Hall–Kier alpha value is -1.27. The van der Waals surface area contributed by atoms with E-state index < -0.39 is 11.9 Å². The molecular formula is C10H8ClFN2O2S. The van der Waals surface area contributed by atoms with Gasteiger partial charge in [-0.1, -0.05) is 0 Å². The van der Waals surface area contributed by atoms with Crippen LogP contribution in [0.25, 0.3) is 5.52 Å². The molecule has 2 heterocycles. The van der Waals surface area contributed by atoms with Crippen LogP contribution >= 0.6 is 21.7 Å². The summed E-state index contributed by atoms with van der Waals surface area (Å²) < 4.78 is 19.5. The number of hydrogen-bond acceptors (Lipinski definition) is 4. The lowest BCUT2D eigenvalue weighted by atomic mass is 10.2. The minimum absolute atomic E-state index is 0.221. The number of ether oxygens (including phenoxy) is 1. The fourth-order valence-electron chi connectivity index (χ4n) is 1.43. The number of aromatic nitrogens is 2. The van der Waals surface area contributed by atoms with E-state index in [-0.39, 0.29) is 12.2 Å². The van der Waals surface area contributed by atoms with Gasteiger partial charge >= 0.3 is 5.97 Å². The van der Waals surface area contributed by atoms with Crippen LogP contribution in [0.4, 0.5) is 4.39 Å². The highest BCUT2D eigenvalue weighted by Gasteiger charge is 2.16. The first-order valence-corrected chi connectivity index (χ1v) is 6.44. The number of carbonyl (C=O) groups excluding carboxylic acids is 1. The van der Waals surface area contributed by atoms with Gasteiger partial charge in [0.2, 0.25) is 5.95 Å². The van der Waals surface area contributed by atoms with Gasteiger partial charge in [-0.25, -0.2) is 9.31 Å². The standard InChI is InChI=1S/C10H8ClFN2O2S/c1-2-16-10(15)7-5-13-14-8(7)3-6(17-11)4-9(14)12/h3-5H,2H2,1H3. The van der Waals surface area contributed by atoms with Gasteiger partial charge < -0.3 is 4.74 Å². The number of hydrogen-bond donors (Lipinski definition) is 0. The summed E-state index contributed by atoms with van der Waals surface area (Å²) in [5, 5.41) is 3.79. The highest BCUT2D eigenvalue weighted by atomic mass is 35.7. The molecule has 0 saturated heterocycles. The predicted octanol–water partition coefficient (Wildman–Crippen LogP) is 2.90. The number of pyridine rings is 1. The van der Waals surface area contributed by atoms with Crippen LogP contribution in [0.3, 0.4) is 0 Å². The summed E-state index contributed by atoms with van der Waals surface area (Å²) in [6.45, 7) is 1.95. The number of esters is 1. The van der Waals surface area contributed by atoms with Crippen molar-refractivity contribution in [1.29, 1.82) is 0 Å². The summed E-state index contributed by atoms with van der Waals surface area (Å²) in [7, 11) is 6.44. The van der Waals surface area contributed by atoms with Gasteiger partial charge in [0.15, 0.2) is 0 Å². The second-order valence-electron chi connectivity index (χ2n) is 3.17. The molecule has 0 aromatic carbocycles. The molecule has 2 rings (SSSR count). The molecule has 0 aliphatic rings. The summed E-state index contributed by atoms with van der Waals surface area (Å²) in [6, 6.07) is 2.83. The molecule has 0 spiro atoms. The van der Waals surface area contributed by atoms with Crippen LogP contribution < -0.4 is 0 Å².